The molecule has 1 aliphatic carbocycles. The van der Waals surface area contributed by atoms with E-state index in [0.29, 0.717) is 35.9 Å². The van der Waals surface area contributed by atoms with Crippen LogP contribution in [-0.2, 0) is 9.59 Å². The van der Waals surface area contributed by atoms with Gasteiger partial charge >= 0.3 is 0 Å². The van der Waals surface area contributed by atoms with Gasteiger partial charge in [0.1, 0.15) is 11.6 Å². The lowest BCUT2D eigenvalue weighted by atomic mass is 9.93. The Balaban J connectivity index is 0.000000244. The SMILES string of the molecule is C#CC(C)Oc1cc(N2C(=O)C3=C(CCCC3)C2=O)c(F)cc1Cl.CCNc1nc(Cl)nc(NC(C)C)n1. The van der Waals surface area contributed by atoms with Crippen molar-refractivity contribution in [1.29, 1.82) is 0 Å². The molecule has 9 nitrogen and oxygen atoms in total. The molecule has 2 N–H and O–H groups in total. The van der Waals surface area contributed by atoms with Crippen molar-refractivity contribution in [2.24, 2.45) is 0 Å². The van der Waals surface area contributed by atoms with Gasteiger partial charge in [0.25, 0.3) is 11.8 Å². The number of nitrogens with one attached hydrogen (secondary N) is 2. The lowest BCUT2D eigenvalue weighted by Gasteiger charge is -2.19. The van der Waals surface area contributed by atoms with Gasteiger partial charge in [-0.15, -0.1) is 6.42 Å². The maximum Gasteiger partial charge on any atom is 0.261 e. The summed E-state index contributed by atoms with van der Waals surface area (Å²) in [5.74, 6) is 1.80. The topological polar surface area (TPSA) is 109 Å². The highest BCUT2D eigenvalue weighted by atomic mass is 35.5. The van der Waals surface area contributed by atoms with Gasteiger partial charge in [-0.2, -0.15) is 15.0 Å². The van der Waals surface area contributed by atoms with Crippen LogP contribution >= 0.6 is 23.2 Å². The molecule has 2 aliphatic rings. The van der Waals surface area contributed by atoms with Crippen LogP contribution < -0.4 is 20.3 Å². The molecule has 0 saturated heterocycles. The third kappa shape index (κ3) is 6.91. The molecule has 202 valence electrons. The number of rotatable bonds is 7. The number of hydrogen-bond acceptors (Lipinski definition) is 8. The molecule has 2 heterocycles. The van der Waals surface area contributed by atoms with Crippen molar-refractivity contribution in [3.05, 3.63) is 39.4 Å². The number of nitrogens with zero attached hydrogens (tertiary/aromatic N) is 4. The standard InChI is InChI=1S/C18H15ClFNO3.C8H14ClN5/c1-3-10(2)24-16-9-15(14(20)8-13(16)19)21-17(22)11-6-4-5-7-12(11)18(21)23;1-4-10-7-12-6(9)13-8(14-7)11-5(2)3/h1,8-10H,4-7H2,2H3;5H,4H2,1-3H3,(H2,10,11,12,13,14). The largest absolute Gasteiger partial charge is 0.476 e. The first kappa shape index (κ1) is 29.1. The zero-order chi connectivity index (χ0) is 28.0. The van der Waals surface area contributed by atoms with Crippen LogP contribution in [0.2, 0.25) is 10.3 Å². The van der Waals surface area contributed by atoms with Crippen LogP contribution in [0.25, 0.3) is 0 Å². The van der Waals surface area contributed by atoms with E-state index in [4.69, 9.17) is 34.4 Å². The highest BCUT2D eigenvalue weighted by Gasteiger charge is 2.41. The van der Waals surface area contributed by atoms with Gasteiger partial charge in [-0.3, -0.25) is 9.59 Å². The third-order valence-electron chi connectivity index (χ3n) is 5.53. The smallest absolute Gasteiger partial charge is 0.261 e. The van der Waals surface area contributed by atoms with Crippen molar-refractivity contribution in [1.82, 2.24) is 15.0 Å². The summed E-state index contributed by atoms with van der Waals surface area (Å²) in [5.41, 5.74) is 0.808. The molecule has 0 fully saturated rings. The fraction of sp³-hybridized carbons (Fsp3) is 0.423. The number of hydrogen-bond donors (Lipinski definition) is 2. The Bertz CT molecular complexity index is 1270. The molecule has 2 amide bonds. The van der Waals surface area contributed by atoms with E-state index in [1.54, 1.807) is 6.92 Å². The minimum atomic E-state index is -0.762. The number of imide groups is 1. The second-order valence-corrected chi connectivity index (χ2v) is 9.60. The Hall–Kier alpha value is -3.42. The van der Waals surface area contributed by atoms with E-state index in [9.17, 15) is 14.0 Å². The van der Waals surface area contributed by atoms with Crippen molar-refractivity contribution in [3.63, 3.8) is 0 Å². The number of aromatic nitrogens is 3. The van der Waals surface area contributed by atoms with Gasteiger partial charge in [-0.25, -0.2) is 9.29 Å². The Labute approximate surface area is 231 Å². The van der Waals surface area contributed by atoms with E-state index in [1.165, 1.54) is 6.07 Å². The molecule has 1 aliphatic heterocycles. The zero-order valence-electron chi connectivity index (χ0n) is 21.6. The minimum Gasteiger partial charge on any atom is -0.476 e. The van der Waals surface area contributed by atoms with Crippen LogP contribution in [0.3, 0.4) is 0 Å². The first-order valence-electron chi connectivity index (χ1n) is 12.2. The van der Waals surface area contributed by atoms with Crippen molar-refractivity contribution in [2.75, 3.05) is 22.1 Å². The van der Waals surface area contributed by atoms with Crippen molar-refractivity contribution in [2.45, 2.75) is 65.5 Å². The van der Waals surface area contributed by atoms with E-state index >= 15 is 0 Å². The summed E-state index contributed by atoms with van der Waals surface area (Å²) in [4.78, 5) is 38.0. The van der Waals surface area contributed by atoms with Gasteiger partial charge in [0.05, 0.1) is 10.7 Å². The Morgan fingerprint density at radius 1 is 1.08 bits per heavy atom. The van der Waals surface area contributed by atoms with Crippen LogP contribution in [0.15, 0.2) is 23.3 Å². The average Bonchev–Trinajstić information content (AvgIpc) is 3.10. The maximum absolute atomic E-state index is 14.4. The first-order chi connectivity index (χ1) is 18.0. The molecule has 1 aromatic carbocycles. The average molecular weight is 563 g/mol. The number of ether oxygens (including phenoxy) is 1. The fourth-order valence-electron chi connectivity index (χ4n) is 3.87. The molecule has 1 aromatic heterocycles. The summed E-state index contributed by atoms with van der Waals surface area (Å²) in [6, 6.07) is 2.54. The van der Waals surface area contributed by atoms with Crippen LogP contribution in [0.5, 0.6) is 5.75 Å². The molecule has 4 rings (SSSR count). The molecule has 38 heavy (non-hydrogen) atoms. The van der Waals surface area contributed by atoms with Crippen LogP contribution in [0.4, 0.5) is 22.0 Å². The number of anilines is 3. The summed E-state index contributed by atoms with van der Waals surface area (Å²) in [6.45, 7) is 8.36. The quantitative estimate of drug-likeness (QED) is 0.341. The van der Waals surface area contributed by atoms with Gasteiger partial charge in [0.2, 0.25) is 17.2 Å². The zero-order valence-corrected chi connectivity index (χ0v) is 23.1. The number of amides is 2. The van der Waals surface area contributed by atoms with E-state index in [1.807, 2.05) is 20.8 Å². The van der Waals surface area contributed by atoms with Crippen molar-refractivity contribution < 1.29 is 18.7 Å². The second kappa shape index (κ2) is 12.9. The summed E-state index contributed by atoms with van der Waals surface area (Å²) >= 11 is 11.7. The predicted molar refractivity (Wildman–Crippen MR) is 146 cm³/mol. The van der Waals surface area contributed by atoms with E-state index in [2.05, 4.69) is 31.5 Å². The first-order valence-corrected chi connectivity index (χ1v) is 13.0. The lowest BCUT2D eigenvalue weighted by Crippen LogP contribution is -2.32. The molecule has 0 bridgehead atoms. The molecule has 0 spiro atoms. The number of carbonyl (C=O) groups excluding carboxylic acids is 2. The van der Waals surface area contributed by atoms with E-state index in [-0.39, 0.29) is 27.8 Å². The predicted octanol–water partition coefficient (Wildman–Crippen LogP) is 5.40. The summed E-state index contributed by atoms with van der Waals surface area (Å²) < 4.78 is 19.8. The summed E-state index contributed by atoms with van der Waals surface area (Å²) in [7, 11) is 0. The van der Waals surface area contributed by atoms with Crippen LogP contribution in [0, 0.1) is 18.2 Å². The highest BCUT2D eigenvalue weighted by molar-refractivity contribution is 6.34. The van der Waals surface area contributed by atoms with Gasteiger partial charge in [0, 0.05) is 29.8 Å². The Morgan fingerprint density at radius 3 is 2.24 bits per heavy atom. The third-order valence-corrected chi connectivity index (χ3v) is 6.00. The van der Waals surface area contributed by atoms with Gasteiger partial charge in [-0.1, -0.05) is 17.5 Å². The minimum absolute atomic E-state index is 0.0233. The maximum atomic E-state index is 14.4. The summed E-state index contributed by atoms with van der Waals surface area (Å²) in [6.07, 6.45) is 7.47. The number of benzene rings is 1. The molecular formula is C26H29Cl2FN6O3. The molecule has 0 saturated carbocycles. The Kier molecular flexibility index (Phi) is 9.89. The van der Waals surface area contributed by atoms with Crippen molar-refractivity contribution in [3.8, 4) is 18.1 Å². The lowest BCUT2D eigenvalue weighted by molar-refractivity contribution is -0.120. The number of carbonyl (C=O) groups is 2. The molecule has 0 radical (unpaired) electrons. The van der Waals surface area contributed by atoms with Crippen LogP contribution in [-0.4, -0.2) is 45.5 Å². The molecule has 2 aromatic rings. The van der Waals surface area contributed by atoms with E-state index < -0.39 is 23.7 Å². The normalized spacial score (nSPS) is 15.5. The van der Waals surface area contributed by atoms with Gasteiger partial charge < -0.3 is 15.4 Å². The molecular weight excluding hydrogens is 534 g/mol. The van der Waals surface area contributed by atoms with Crippen LogP contribution in [0.1, 0.15) is 53.4 Å². The highest BCUT2D eigenvalue weighted by Crippen LogP contribution is 2.39. The van der Waals surface area contributed by atoms with Crippen molar-refractivity contribution >= 4 is 52.6 Å². The Morgan fingerprint density at radius 2 is 1.68 bits per heavy atom. The summed E-state index contributed by atoms with van der Waals surface area (Å²) in [5, 5.41) is 6.25. The van der Waals surface area contributed by atoms with Gasteiger partial charge in [-0.05, 0) is 71.0 Å². The molecule has 12 heteroatoms. The second-order valence-electron chi connectivity index (χ2n) is 8.85. The fourth-order valence-corrected chi connectivity index (χ4v) is 4.23. The number of terminal acetylenes is 1. The van der Waals surface area contributed by atoms with E-state index in [0.717, 1.165) is 30.4 Å². The number of halogens is 3. The monoisotopic (exact) mass is 562 g/mol. The van der Waals surface area contributed by atoms with Gasteiger partial charge in [0.15, 0.2) is 6.10 Å². The molecule has 1 atom stereocenters. The molecule has 1 unspecified atom stereocenters.